The largest absolute Gasteiger partial charge is 0.472 e. The van der Waals surface area contributed by atoms with E-state index in [1.165, 1.54) is 173 Å². The van der Waals surface area contributed by atoms with Crippen LogP contribution >= 0.6 is 15.6 Å². The van der Waals surface area contributed by atoms with Crippen LogP contribution in [0, 0.1) is 0 Å². The van der Waals surface area contributed by atoms with Crippen molar-refractivity contribution in [1.29, 1.82) is 0 Å². The molecule has 87 heavy (non-hydrogen) atoms. The third-order valence-corrected chi connectivity index (χ3v) is 17.8. The molecule has 516 valence electrons. The van der Waals surface area contributed by atoms with Crippen LogP contribution < -0.4 is 0 Å². The summed E-state index contributed by atoms with van der Waals surface area (Å²) in [7, 11) is -9.88. The molecule has 0 radical (unpaired) electrons. The zero-order valence-electron chi connectivity index (χ0n) is 56.0. The predicted octanol–water partition coefficient (Wildman–Crippen LogP) is 19.5. The number of phosphoric ester groups is 2. The molecule has 0 fully saturated rings. The molecule has 0 aliphatic heterocycles. The minimum Gasteiger partial charge on any atom is -0.462 e. The van der Waals surface area contributed by atoms with Crippen molar-refractivity contribution >= 4 is 39.5 Å². The zero-order valence-corrected chi connectivity index (χ0v) is 57.8. The zero-order chi connectivity index (χ0) is 64.0. The minimum atomic E-state index is -4.95. The van der Waals surface area contributed by atoms with Gasteiger partial charge in [0.1, 0.15) is 19.3 Å². The van der Waals surface area contributed by atoms with Crippen LogP contribution in [0.5, 0.6) is 0 Å². The van der Waals surface area contributed by atoms with Crippen LogP contribution in [0.1, 0.15) is 355 Å². The lowest BCUT2D eigenvalue weighted by Crippen LogP contribution is -2.30. The third-order valence-electron chi connectivity index (χ3n) is 15.9. The van der Waals surface area contributed by atoms with E-state index in [1.807, 2.05) is 0 Å². The van der Waals surface area contributed by atoms with E-state index in [0.717, 1.165) is 103 Å². The van der Waals surface area contributed by atoms with Gasteiger partial charge in [-0.15, -0.1) is 0 Å². The molecule has 0 saturated carbocycles. The minimum absolute atomic E-state index is 0.106. The van der Waals surface area contributed by atoms with Gasteiger partial charge in [0.2, 0.25) is 0 Å². The smallest absolute Gasteiger partial charge is 0.462 e. The molecule has 0 saturated heterocycles. The highest BCUT2D eigenvalue weighted by Crippen LogP contribution is 2.45. The molecule has 5 atom stereocenters. The number of aliphatic hydroxyl groups is 1. The molecule has 0 spiro atoms. The number of carbonyl (C=O) groups excluding carboxylic acids is 4. The van der Waals surface area contributed by atoms with Crippen molar-refractivity contribution in [3.63, 3.8) is 0 Å². The summed E-state index contributed by atoms with van der Waals surface area (Å²) in [6, 6.07) is 0. The first-order valence-electron chi connectivity index (χ1n) is 35.8. The van der Waals surface area contributed by atoms with Crippen molar-refractivity contribution < 1.29 is 80.2 Å². The number of aliphatic hydroxyl groups excluding tert-OH is 1. The summed E-state index contributed by atoms with van der Waals surface area (Å²) in [5.41, 5.74) is 0. The number of esters is 4. The van der Waals surface area contributed by atoms with Gasteiger partial charge in [0.05, 0.1) is 26.4 Å². The SMILES string of the molecule is CCCCCCCCCCCCCCCCCCCCCCC(=O)O[C@H](COC(=O)CCCCCCCCCCCCC)COP(=O)(O)OC[C@@H](O)COP(=O)(O)OC[C@@H](COC(=O)CCCCCCCCC)OC(=O)CCCCCCCCCCC. The molecule has 19 heteroatoms. The average Bonchev–Trinajstić information content (AvgIpc) is 3.71. The van der Waals surface area contributed by atoms with Gasteiger partial charge < -0.3 is 33.8 Å². The van der Waals surface area contributed by atoms with Crippen LogP contribution in [-0.2, 0) is 65.4 Å². The Kier molecular flexibility index (Phi) is 61.4. The van der Waals surface area contributed by atoms with Gasteiger partial charge in [0, 0.05) is 25.7 Å². The maximum absolute atomic E-state index is 13.0. The lowest BCUT2D eigenvalue weighted by Gasteiger charge is -2.21. The van der Waals surface area contributed by atoms with E-state index in [4.69, 9.17) is 37.0 Å². The molecule has 3 N–H and O–H groups in total. The fourth-order valence-electron chi connectivity index (χ4n) is 10.3. The van der Waals surface area contributed by atoms with Crippen LogP contribution in [0.15, 0.2) is 0 Å². The van der Waals surface area contributed by atoms with Crippen LogP contribution in [0.2, 0.25) is 0 Å². The maximum Gasteiger partial charge on any atom is 0.472 e. The van der Waals surface area contributed by atoms with Gasteiger partial charge in [-0.1, -0.05) is 304 Å². The number of phosphoric acid groups is 2. The maximum atomic E-state index is 13.0. The van der Waals surface area contributed by atoms with Crippen LogP contribution in [0.3, 0.4) is 0 Å². The summed E-state index contributed by atoms with van der Waals surface area (Å²) in [5.74, 6) is -2.13. The molecule has 0 aromatic heterocycles. The van der Waals surface area contributed by atoms with E-state index < -0.39 is 97.5 Å². The number of hydrogen-bond acceptors (Lipinski definition) is 15. The van der Waals surface area contributed by atoms with Gasteiger partial charge in [-0.25, -0.2) is 9.13 Å². The second-order valence-corrected chi connectivity index (χ2v) is 27.5. The Bertz CT molecular complexity index is 1670. The molecule has 0 aromatic rings. The van der Waals surface area contributed by atoms with Crippen molar-refractivity contribution in [3.05, 3.63) is 0 Å². The fourth-order valence-corrected chi connectivity index (χ4v) is 11.9. The molecular weight excluding hydrogens is 1150 g/mol. The third kappa shape index (κ3) is 62.6. The van der Waals surface area contributed by atoms with E-state index in [-0.39, 0.29) is 25.7 Å². The number of unbranched alkanes of at least 4 members (excludes halogenated alkanes) is 43. The Balaban J connectivity index is 5.13. The summed E-state index contributed by atoms with van der Waals surface area (Å²) in [4.78, 5) is 72.2. The van der Waals surface area contributed by atoms with E-state index in [2.05, 4.69) is 27.7 Å². The first kappa shape index (κ1) is 85.1. The molecule has 0 aromatic carbocycles. The summed E-state index contributed by atoms with van der Waals surface area (Å²) in [5, 5.41) is 10.5. The molecule has 0 rings (SSSR count). The first-order valence-corrected chi connectivity index (χ1v) is 38.8. The molecule has 0 heterocycles. The number of hydrogen-bond donors (Lipinski definition) is 3. The van der Waals surface area contributed by atoms with Crippen LogP contribution in [0.25, 0.3) is 0 Å². The van der Waals surface area contributed by atoms with Gasteiger partial charge >= 0.3 is 39.5 Å². The second-order valence-electron chi connectivity index (χ2n) is 24.6. The molecule has 0 aliphatic rings. The standard InChI is InChI=1S/C68H132O17P2/c1-5-9-13-17-21-24-26-27-28-29-30-31-32-33-34-36-39-43-47-51-55-68(73)85-64(59-79-66(71)53-49-45-41-38-35-25-22-18-14-10-6-2)61-83-87(76,77)81-57-62(69)56-80-86(74,75)82-60-63(58-78-65(70)52-48-44-40-20-16-12-8-4)84-67(72)54-50-46-42-37-23-19-15-11-7-3/h62-64,69H,5-61H2,1-4H3,(H,74,75)(H,76,77)/t62-,63+,64+/m0/s1. The predicted molar refractivity (Wildman–Crippen MR) is 349 cm³/mol. The van der Waals surface area contributed by atoms with Crippen LogP contribution in [-0.4, -0.2) is 96.7 Å². The second kappa shape index (κ2) is 62.8. The summed E-state index contributed by atoms with van der Waals surface area (Å²) < 4.78 is 68.0. The molecule has 0 aliphatic carbocycles. The van der Waals surface area contributed by atoms with Gasteiger partial charge in [0.25, 0.3) is 0 Å². The highest BCUT2D eigenvalue weighted by atomic mass is 31.2. The quantitative estimate of drug-likeness (QED) is 0.0222. The average molecular weight is 1280 g/mol. The molecule has 17 nitrogen and oxygen atoms in total. The Morgan fingerprint density at radius 2 is 0.460 bits per heavy atom. The van der Waals surface area contributed by atoms with Gasteiger partial charge in [-0.05, 0) is 25.7 Å². The Labute approximate surface area is 530 Å². The lowest BCUT2D eigenvalue weighted by molar-refractivity contribution is -0.161. The van der Waals surface area contributed by atoms with Crippen molar-refractivity contribution in [2.24, 2.45) is 0 Å². The summed E-state index contributed by atoms with van der Waals surface area (Å²) >= 11 is 0. The van der Waals surface area contributed by atoms with Gasteiger partial charge in [-0.2, -0.15) is 0 Å². The van der Waals surface area contributed by atoms with Crippen molar-refractivity contribution in [3.8, 4) is 0 Å². The summed E-state index contributed by atoms with van der Waals surface area (Å²) in [6.07, 6.45) is 50.2. The van der Waals surface area contributed by atoms with E-state index in [0.29, 0.717) is 25.7 Å². The Morgan fingerprint density at radius 3 is 0.678 bits per heavy atom. The van der Waals surface area contributed by atoms with E-state index in [1.54, 1.807) is 0 Å². The lowest BCUT2D eigenvalue weighted by atomic mass is 10.0. The van der Waals surface area contributed by atoms with E-state index in [9.17, 15) is 43.2 Å². The number of rotatable bonds is 69. The number of carbonyl (C=O) groups is 4. The molecular formula is C68H132O17P2. The van der Waals surface area contributed by atoms with Crippen molar-refractivity contribution in [2.75, 3.05) is 39.6 Å². The molecule has 0 bridgehead atoms. The highest BCUT2D eigenvalue weighted by Gasteiger charge is 2.30. The van der Waals surface area contributed by atoms with Gasteiger partial charge in [-0.3, -0.25) is 37.3 Å². The van der Waals surface area contributed by atoms with Crippen molar-refractivity contribution in [2.45, 2.75) is 373 Å². The first-order chi connectivity index (χ1) is 42.2. The molecule has 0 amide bonds. The number of ether oxygens (including phenoxy) is 4. The van der Waals surface area contributed by atoms with Crippen molar-refractivity contribution in [1.82, 2.24) is 0 Å². The normalized spacial score (nSPS) is 14.1. The Hall–Kier alpha value is -1.94. The highest BCUT2D eigenvalue weighted by molar-refractivity contribution is 7.47. The fraction of sp³-hybridized carbons (Fsp3) is 0.941. The molecule has 2 unspecified atom stereocenters. The summed E-state index contributed by atoms with van der Waals surface area (Å²) in [6.45, 7) is 4.86. The van der Waals surface area contributed by atoms with Crippen LogP contribution in [0.4, 0.5) is 0 Å². The van der Waals surface area contributed by atoms with E-state index >= 15 is 0 Å². The van der Waals surface area contributed by atoms with Gasteiger partial charge in [0.15, 0.2) is 12.2 Å². The Morgan fingerprint density at radius 1 is 0.276 bits per heavy atom. The topological polar surface area (TPSA) is 237 Å². The monoisotopic (exact) mass is 1280 g/mol.